The van der Waals surface area contributed by atoms with Gasteiger partial charge in [-0.1, -0.05) is 18.5 Å². The number of nitrogens with zero attached hydrogens (tertiary/aromatic N) is 1. The second-order valence-corrected chi connectivity index (χ2v) is 4.72. The van der Waals surface area contributed by atoms with Crippen LogP contribution in [-0.2, 0) is 4.79 Å². The maximum atomic E-state index is 11.7. The van der Waals surface area contributed by atoms with Crippen LogP contribution in [-0.4, -0.2) is 30.9 Å². The van der Waals surface area contributed by atoms with E-state index in [-0.39, 0.29) is 5.91 Å². The van der Waals surface area contributed by atoms with Crippen molar-refractivity contribution in [3.8, 4) is 0 Å². The Kier molecular flexibility index (Phi) is 5.95. The van der Waals surface area contributed by atoms with Crippen molar-refractivity contribution in [2.24, 2.45) is 0 Å². The minimum atomic E-state index is -0.0199. The minimum absolute atomic E-state index is 0.0199. The van der Waals surface area contributed by atoms with Crippen molar-refractivity contribution in [1.29, 1.82) is 0 Å². The number of anilines is 2. The van der Waals surface area contributed by atoms with Crippen molar-refractivity contribution in [1.82, 2.24) is 4.90 Å². The van der Waals surface area contributed by atoms with Gasteiger partial charge in [-0.3, -0.25) is 4.79 Å². The third-order valence-corrected chi connectivity index (χ3v) is 3.01. The van der Waals surface area contributed by atoms with Crippen molar-refractivity contribution < 1.29 is 4.79 Å². The minimum Gasteiger partial charge on any atom is -0.397 e. The smallest absolute Gasteiger partial charge is 0.224 e. The lowest BCUT2D eigenvalue weighted by molar-refractivity contribution is -0.116. The third-order valence-electron chi connectivity index (χ3n) is 2.77. The fraction of sp³-hybridized carbons (Fsp3) is 0.462. The molecule has 0 fully saturated rings. The van der Waals surface area contributed by atoms with Gasteiger partial charge in [-0.2, -0.15) is 0 Å². The van der Waals surface area contributed by atoms with E-state index < -0.39 is 0 Å². The Morgan fingerprint density at radius 2 is 2.22 bits per heavy atom. The second-order valence-electron chi connectivity index (χ2n) is 4.28. The number of hydrogen-bond acceptors (Lipinski definition) is 3. The number of nitrogens with one attached hydrogen (secondary N) is 1. The van der Waals surface area contributed by atoms with Gasteiger partial charge in [0.1, 0.15) is 0 Å². The van der Waals surface area contributed by atoms with Gasteiger partial charge in [-0.05, 0) is 44.8 Å². The number of amides is 1. The standard InChI is InChI=1S/C13H20ClN3O/c1-3-17(2)8-4-5-13(18)16-12-7-6-10(14)9-11(12)15/h6-7,9H,3-5,8,15H2,1-2H3,(H,16,18). The molecule has 0 heterocycles. The maximum Gasteiger partial charge on any atom is 0.224 e. The first-order valence-electron chi connectivity index (χ1n) is 6.06. The largest absolute Gasteiger partial charge is 0.397 e. The molecule has 1 amide bonds. The summed E-state index contributed by atoms with van der Waals surface area (Å²) in [5, 5.41) is 3.35. The summed E-state index contributed by atoms with van der Waals surface area (Å²) in [6.07, 6.45) is 1.33. The highest BCUT2D eigenvalue weighted by atomic mass is 35.5. The van der Waals surface area contributed by atoms with Crippen LogP contribution >= 0.6 is 11.6 Å². The fourth-order valence-corrected chi connectivity index (χ4v) is 1.71. The zero-order valence-corrected chi connectivity index (χ0v) is 11.6. The van der Waals surface area contributed by atoms with Crippen molar-refractivity contribution >= 4 is 28.9 Å². The van der Waals surface area contributed by atoms with Gasteiger partial charge in [-0.25, -0.2) is 0 Å². The van der Waals surface area contributed by atoms with E-state index in [1.165, 1.54) is 0 Å². The Labute approximate surface area is 113 Å². The van der Waals surface area contributed by atoms with E-state index in [2.05, 4.69) is 17.1 Å². The molecule has 0 aliphatic carbocycles. The molecule has 0 saturated heterocycles. The number of nitrogens with two attached hydrogens (primary N) is 1. The van der Waals surface area contributed by atoms with E-state index in [9.17, 15) is 4.79 Å². The Balaban J connectivity index is 2.40. The number of benzene rings is 1. The molecule has 18 heavy (non-hydrogen) atoms. The molecule has 1 rings (SSSR count). The molecule has 1 aromatic rings. The van der Waals surface area contributed by atoms with E-state index in [0.717, 1.165) is 19.5 Å². The monoisotopic (exact) mass is 269 g/mol. The third kappa shape index (κ3) is 4.94. The Bertz CT molecular complexity index is 409. The average molecular weight is 270 g/mol. The lowest BCUT2D eigenvalue weighted by Crippen LogP contribution is -2.21. The predicted molar refractivity (Wildman–Crippen MR) is 76.9 cm³/mol. The lowest BCUT2D eigenvalue weighted by Gasteiger charge is -2.13. The lowest BCUT2D eigenvalue weighted by atomic mass is 10.2. The van der Waals surface area contributed by atoms with E-state index in [0.29, 0.717) is 22.8 Å². The maximum absolute atomic E-state index is 11.7. The average Bonchev–Trinajstić information content (AvgIpc) is 2.32. The first-order valence-corrected chi connectivity index (χ1v) is 6.44. The Morgan fingerprint density at radius 3 is 2.83 bits per heavy atom. The summed E-state index contributed by atoms with van der Waals surface area (Å²) in [5.74, 6) is -0.0199. The zero-order valence-electron chi connectivity index (χ0n) is 10.9. The Morgan fingerprint density at radius 1 is 1.50 bits per heavy atom. The van der Waals surface area contributed by atoms with Gasteiger partial charge in [-0.15, -0.1) is 0 Å². The molecule has 100 valence electrons. The highest BCUT2D eigenvalue weighted by molar-refractivity contribution is 6.31. The molecular weight excluding hydrogens is 250 g/mol. The van der Waals surface area contributed by atoms with Crippen LogP contribution in [0.4, 0.5) is 11.4 Å². The molecule has 0 saturated carbocycles. The molecule has 0 aliphatic heterocycles. The molecule has 4 nitrogen and oxygen atoms in total. The molecule has 5 heteroatoms. The second kappa shape index (κ2) is 7.24. The Hall–Kier alpha value is -1.26. The van der Waals surface area contributed by atoms with E-state index in [4.69, 9.17) is 17.3 Å². The normalized spacial score (nSPS) is 10.7. The summed E-state index contributed by atoms with van der Waals surface area (Å²) < 4.78 is 0. The van der Waals surface area contributed by atoms with Gasteiger partial charge in [0.25, 0.3) is 0 Å². The van der Waals surface area contributed by atoms with E-state index >= 15 is 0 Å². The molecule has 1 aromatic carbocycles. The zero-order chi connectivity index (χ0) is 13.5. The number of rotatable bonds is 6. The van der Waals surface area contributed by atoms with Crippen LogP contribution < -0.4 is 11.1 Å². The van der Waals surface area contributed by atoms with Crippen molar-refractivity contribution in [3.05, 3.63) is 23.2 Å². The summed E-state index contributed by atoms with van der Waals surface area (Å²) in [6, 6.07) is 5.05. The van der Waals surface area contributed by atoms with Crippen molar-refractivity contribution in [2.45, 2.75) is 19.8 Å². The van der Waals surface area contributed by atoms with Crippen LogP contribution in [0.2, 0.25) is 5.02 Å². The molecule has 0 spiro atoms. The fourth-order valence-electron chi connectivity index (χ4n) is 1.53. The summed E-state index contributed by atoms with van der Waals surface area (Å²) >= 11 is 5.79. The summed E-state index contributed by atoms with van der Waals surface area (Å²) in [7, 11) is 2.04. The molecule has 0 unspecified atom stereocenters. The highest BCUT2D eigenvalue weighted by Gasteiger charge is 2.06. The van der Waals surface area contributed by atoms with E-state index in [1.807, 2.05) is 7.05 Å². The van der Waals surface area contributed by atoms with Crippen LogP contribution in [0.1, 0.15) is 19.8 Å². The van der Waals surface area contributed by atoms with Gasteiger partial charge in [0.15, 0.2) is 0 Å². The van der Waals surface area contributed by atoms with Gasteiger partial charge in [0.2, 0.25) is 5.91 Å². The van der Waals surface area contributed by atoms with Crippen LogP contribution in [0.5, 0.6) is 0 Å². The summed E-state index contributed by atoms with van der Waals surface area (Å²) in [6.45, 7) is 4.00. The number of carbonyl (C=O) groups excluding carboxylic acids is 1. The van der Waals surface area contributed by atoms with Crippen molar-refractivity contribution in [2.75, 3.05) is 31.2 Å². The SMILES string of the molecule is CCN(C)CCCC(=O)Nc1ccc(Cl)cc1N. The van der Waals surface area contributed by atoms with Crippen LogP contribution in [0.25, 0.3) is 0 Å². The number of hydrogen-bond donors (Lipinski definition) is 2. The quantitative estimate of drug-likeness (QED) is 0.781. The molecule has 0 radical (unpaired) electrons. The first-order chi connectivity index (χ1) is 8.52. The van der Waals surface area contributed by atoms with Crippen LogP contribution in [0, 0.1) is 0 Å². The first kappa shape index (κ1) is 14.8. The van der Waals surface area contributed by atoms with Crippen LogP contribution in [0.3, 0.4) is 0 Å². The molecule has 0 atom stereocenters. The van der Waals surface area contributed by atoms with Crippen molar-refractivity contribution in [3.63, 3.8) is 0 Å². The molecular formula is C13H20ClN3O. The summed E-state index contributed by atoms with van der Waals surface area (Å²) in [4.78, 5) is 13.9. The number of nitrogen functional groups attached to an aromatic ring is 1. The van der Waals surface area contributed by atoms with Gasteiger partial charge >= 0.3 is 0 Å². The predicted octanol–water partition coefficient (Wildman–Crippen LogP) is 2.59. The molecule has 3 N–H and O–H groups in total. The van der Waals surface area contributed by atoms with Gasteiger partial charge in [0.05, 0.1) is 11.4 Å². The van der Waals surface area contributed by atoms with Gasteiger partial charge < -0.3 is 16.0 Å². The molecule has 0 bridgehead atoms. The number of carbonyl (C=O) groups is 1. The van der Waals surface area contributed by atoms with Crippen LogP contribution in [0.15, 0.2) is 18.2 Å². The van der Waals surface area contributed by atoms with Gasteiger partial charge in [0, 0.05) is 11.4 Å². The topological polar surface area (TPSA) is 58.4 Å². The number of halogens is 1. The molecule has 0 aliphatic rings. The van der Waals surface area contributed by atoms with E-state index in [1.54, 1.807) is 18.2 Å². The molecule has 0 aromatic heterocycles. The summed E-state index contributed by atoms with van der Waals surface area (Å²) in [5.41, 5.74) is 6.87. The highest BCUT2D eigenvalue weighted by Crippen LogP contribution is 2.22.